The van der Waals surface area contributed by atoms with E-state index in [-0.39, 0.29) is 29.0 Å². The standard InChI is InChI=1S/C23H22Cl2N2O2S/c24-17-8-5-14(6-9-17)11-21-23(29)27-19-12-15(7-10-20(19)30-21)22(28)26-13-16-3-1-2-4-18(16)25/h1-6,8-9,11,15,19-20H,7,10,12-13H2,(H,26,28)(H,27,29)/b21-11+. The maximum atomic E-state index is 12.7. The molecule has 4 nitrogen and oxygen atoms in total. The van der Waals surface area contributed by atoms with Gasteiger partial charge in [-0.25, -0.2) is 0 Å². The van der Waals surface area contributed by atoms with Crippen LogP contribution in [-0.4, -0.2) is 23.1 Å². The molecule has 2 fully saturated rings. The number of benzene rings is 2. The van der Waals surface area contributed by atoms with Crippen LogP contribution in [-0.2, 0) is 16.1 Å². The topological polar surface area (TPSA) is 58.2 Å². The molecule has 156 valence electrons. The molecule has 30 heavy (non-hydrogen) atoms. The predicted molar refractivity (Wildman–Crippen MR) is 123 cm³/mol. The quantitative estimate of drug-likeness (QED) is 0.627. The third-order valence-electron chi connectivity index (χ3n) is 5.55. The minimum absolute atomic E-state index is 0.00896. The first-order valence-corrected chi connectivity index (χ1v) is 11.6. The fourth-order valence-electron chi connectivity index (χ4n) is 3.91. The van der Waals surface area contributed by atoms with Crippen molar-refractivity contribution in [3.05, 3.63) is 74.6 Å². The number of hydrogen-bond donors (Lipinski definition) is 2. The molecule has 0 spiro atoms. The van der Waals surface area contributed by atoms with E-state index in [1.807, 2.05) is 54.6 Å². The zero-order chi connectivity index (χ0) is 21.1. The minimum Gasteiger partial charge on any atom is -0.352 e. The summed E-state index contributed by atoms with van der Waals surface area (Å²) in [6.45, 7) is 0.415. The largest absolute Gasteiger partial charge is 0.352 e. The van der Waals surface area contributed by atoms with Crippen molar-refractivity contribution in [2.75, 3.05) is 0 Å². The van der Waals surface area contributed by atoms with Gasteiger partial charge < -0.3 is 10.6 Å². The van der Waals surface area contributed by atoms with Crippen LogP contribution in [0.25, 0.3) is 6.08 Å². The zero-order valence-electron chi connectivity index (χ0n) is 16.2. The number of rotatable bonds is 4. The second kappa shape index (κ2) is 9.46. The Morgan fingerprint density at radius 2 is 1.90 bits per heavy atom. The summed E-state index contributed by atoms with van der Waals surface area (Å²) in [6, 6.07) is 14.9. The number of carbonyl (C=O) groups is 2. The molecule has 0 aromatic heterocycles. The van der Waals surface area contributed by atoms with Crippen LogP contribution in [0.15, 0.2) is 53.4 Å². The van der Waals surface area contributed by atoms with Crippen LogP contribution < -0.4 is 10.6 Å². The molecule has 1 aliphatic carbocycles. The molecule has 2 aliphatic rings. The van der Waals surface area contributed by atoms with Gasteiger partial charge >= 0.3 is 0 Å². The first-order chi connectivity index (χ1) is 14.5. The summed E-state index contributed by atoms with van der Waals surface area (Å²) in [6.07, 6.45) is 4.26. The summed E-state index contributed by atoms with van der Waals surface area (Å²) in [5, 5.41) is 7.72. The van der Waals surface area contributed by atoms with Gasteiger partial charge in [-0.2, -0.15) is 0 Å². The molecular formula is C23H22Cl2N2O2S. The van der Waals surface area contributed by atoms with Crippen molar-refractivity contribution in [3.8, 4) is 0 Å². The van der Waals surface area contributed by atoms with Gasteiger partial charge in [0.25, 0.3) is 5.91 Å². The van der Waals surface area contributed by atoms with Crippen molar-refractivity contribution in [2.24, 2.45) is 5.92 Å². The number of thioether (sulfide) groups is 1. The van der Waals surface area contributed by atoms with Crippen LogP contribution in [0, 0.1) is 5.92 Å². The van der Waals surface area contributed by atoms with Crippen molar-refractivity contribution in [3.63, 3.8) is 0 Å². The molecule has 7 heteroatoms. The predicted octanol–water partition coefficient (Wildman–Crippen LogP) is 5.05. The van der Waals surface area contributed by atoms with Gasteiger partial charge in [0, 0.05) is 33.8 Å². The van der Waals surface area contributed by atoms with Gasteiger partial charge in [0.1, 0.15) is 0 Å². The first-order valence-electron chi connectivity index (χ1n) is 9.95. The van der Waals surface area contributed by atoms with Gasteiger partial charge in [0.15, 0.2) is 0 Å². The summed E-state index contributed by atoms with van der Waals surface area (Å²) in [5.41, 5.74) is 1.85. The van der Waals surface area contributed by atoms with Crippen molar-refractivity contribution < 1.29 is 9.59 Å². The number of nitrogens with one attached hydrogen (secondary N) is 2. The average molecular weight is 461 g/mol. The van der Waals surface area contributed by atoms with E-state index in [0.717, 1.165) is 24.0 Å². The van der Waals surface area contributed by atoms with Crippen molar-refractivity contribution in [2.45, 2.75) is 37.1 Å². The lowest BCUT2D eigenvalue weighted by Gasteiger charge is -2.39. The third-order valence-corrected chi connectivity index (χ3v) is 7.60. The lowest BCUT2D eigenvalue weighted by atomic mass is 9.84. The Morgan fingerprint density at radius 1 is 1.13 bits per heavy atom. The maximum absolute atomic E-state index is 12.7. The fraction of sp³-hybridized carbons (Fsp3) is 0.304. The highest BCUT2D eigenvalue weighted by Crippen LogP contribution is 2.40. The zero-order valence-corrected chi connectivity index (χ0v) is 18.6. The van der Waals surface area contributed by atoms with E-state index in [4.69, 9.17) is 23.2 Å². The Morgan fingerprint density at radius 3 is 2.67 bits per heavy atom. The molecule has 4 rings (SSSR count). The molecule has 0 bridgehead atoms. The number of carbonyl (C=O) groups excluding carboxylic acids is 2. The van der Waals surface area contributed by atoms with Gasteiger partial charge in [-0.3, -0.25) is 9.59 Å². The van der Waals surface area contributed by atoms with Crippen LogP contribution in [0.5, 0.6) is 0 Å². The highest BCUT2D eigenvalue weighted by atomic mass is 35.5. The van der Waals surface area contributed by atoms with Gasteiger partial charge in [-0.1, -0.05) is 53.5 Å². The highest BCUT2D eigenvalue weighted by molar-refractivity contribution is 8.04. The van der Waals surface area contributed by atoms with Crippen molar-refractivity contribution in [1.82, 2.24) is 10.6 Å². The molecular weight excluding hydrogens is 439 g/mol. The molecule has 2 amide bonds. The maximum Gasteiger partial charge on any atom is 0.257 e. The SMILES string of the molecule is O=C1NC2CC(C(=O)NCc3ccccc3Cl)CCC2S/C1=C/c1ccc(Cl)cc1. The van der Waals surface area contributed by atoms with E-state index in [1.165, 1.54) is 0 Å². The normalized spacial score (nSPS) is 24.8. The van der Waals surface area contributed by atoms with Gasteiger partial charge in [-0.05, 0) is 54.7 Å². The number of fused-ring (bicyclic) bond motifs is 1. The van der Waals surface area contributed by atoms with E-state index in [2.05, 4.69) is 10.6 Å². The Hall–Kier alpha value is -1.95. The monoisotopic (exact) mass is 460 g/mol. The lowest BCUT2D eigenvalue weighted by Crippen LogP contribution is -2.51. The van der Waals surface area contributed by atoms with Gasteiger partial charge in [0.05, 0.1) is 4.91 Å². The first kappa shape index (κ1) is 21.3. The second-order valence-electron chi connectivity index (χ2n) is 7.62. The summed E-state index contributed by atoms with van der Waals surface area (Å²) < 4.78 is 0. The number of amides is 2. The Balaban J connectivity index is 1.35. The molecule has 2 aromatic carbocycles. The number of hydrogen-bond acceptors (Lipinski definition) is 3. The van der Waals surface area contributed by atoms with E-state index in [0.29, 0.717) is 27.9 Å². The Bertz CT molecular complexity index is 977. The molecule has 1 heterocycles. The lowest BCUT2D eigenvalue weighted by molar-refractivity contribution is -0.127. The summed E-state index contributed by atoms with van der Waals surface area (Å²) in [4.78, 5) is 26.0. The van der Waals surface area contributed by atoms with E-state index < -0.39 is 0 Å². The van der Waals surface area contributed by atoms with Crippen molar-refractivity contribution in [1.29, 1.82) is 0 Å². The third kappa shape index (κ3) is 5.02. The van der Waals surface area contributed by atoms with Crippen LogP contribution in [0.1, 0.15) is 30.4 Å². The molecule has 3 atom stereocenters. The average Bonchev–Trinajstić information content (AvgIpc) is 2.74. The van der Waals surface area contributed by atoms with E-state index >= 15 is 0 Å². The molecule has 0 radical (unpaired) electrons. The molecule has 1 saturated carbocycles. The van der Waals surface area contributed by atoms with Crippen LogP contribution in [0.4, 0.5) is 0 Å². The molecule has 1 aliphatic heterocycles. The van der Waals surface area contributed by atoms with Crippen LogP contribution in [0.3, 0.4) is 0 Å². The minimum atomic E-state index is -0.101. The molecule has 1 saturated heterocycles. The van der Waals surface area contributed by atoms with E-state index in [1.54, 1.807) is 11.8 Å². The highest BCUT2D eigenvalue weighted by Gasteiger charge is 2.39. The summed E-state index contributed by atoms with van der Waals surface area (Å²) in [5.74, 6) is -0.153. The summed E-state index contributed by atoms with van der Waals surface area (Å²) >= 11 is 13.7. The Kier molecular flexibility index (Phi) is 6.71. The second-order valence-corrected chi connectivity index (χ2v) is 9.74. The van der Waals surface area contributed by atoms with Crippen LogP contribution >= 0.6 is 35.0 Å². The van der Waals surface area contributed by atoms with Gasteiger partial charge in [0.2, 0.25) is 5.91 Å². The van der Waals surface area contributed by atoms with Crippen LogP contribution in [0.2, 0.25) is 10.0 Å². The summed E-state index contributed by atoms with van der Waals surface area (Å²) in [7, 11) is 0. The molecule has 3 unspecified atom stereocenters. The number of halogens is 2. The smallest absolute Gasteiger partial charge is 0.257 e. The molecule has 2 N–H and O–H groups in total. The van der Waals surface area contributed by atoms with Gasteiger partial charge in [-0.15, -0.1) is 11.8 Å². The fourth-order valence-corrected chi connectivity index (χ4v) is 5.53. The van der Waals surface area contributed by atoms with Crippen molar-refractivity contribution >= 4 is 52.9 Å². The molecule has 2 aromatic rings. The van der Waals surface area contributed by atoms with E-state index in [9.17, 15) is 9.59 Å². The Labute approximate surface area is 190 Å².